The number of nitrogens with zero attached hydrogens (tertiary/aromatic N) is 1. The molecule has 0 spiro atoms. The van der Waals surface area contributed by atoms with Crippen LogP contribution in [-0.4, -0.2) is 27.0 Å². The molecule has 2 aromatic carbocycles. The highest BCUT2D eigenvalue weighted by Gasteiger charge is 2.39. The van der Waals surface area contributed by atoms with Gasteiger partial charge in [0.25, 0.3) is 8.32 Å². The SMILES string of the molecule is CCOc1cc(/C=N/c2ccc(C(=N)N)cc2)c(F)c(O[Si](C)(C)C(C)(C)C)c1. The Bertz CT molecular complexity index is 904. The van der Waals surface area contributed by atoms with Gasteiger partial charge >= 0.3 is 0 Å². The number of amidine groups is 1. The number of halogens is 1. The number of benzene rings is 2. The summed E-state index contributed by atoms with van der Waals surface area (Å²) >= 11 is 0. The molecule has 0 aromatic heterocycles. The van der Waals surface area contributed by atoms with Crippen molar-refractivity contribution in [1.82, 2.24) is 0 Å². The third kappa shape index (κ3) is 5.66. The summed E-state index contributed by atoms with van der Waals surface area (Å²) in [5, 5.41) is 7.38. The number of nitrogen functional groups attached to an aromatic ring is 1. The molecule has 0 amide bonds. The van der Waals surface area contributed by atoms with E-state index >= 15 is 4.39 Å². The van der Waals surface area contributed by atoms with Gasteiger partial charge in [0, 0.05) is 23.4 Å². The maximum Gasteiger partial charge on any atom is 0.250 e. The zero-order chi connectivity index (χ0) is 21.8. The van der Waals surface area contributed by atoms with E-state index in [9.17, 15) is 0 Å². The highest BCUT2D eigenvalue weighted by atomic mass is 28.4. The third-order valence-corrected chi connectivity index (χ3v) is 9.40. The predicted molar refractivity (Wildman–Crippen MR) is 120 cm³/mol. The first-order valence-corrected chi connectivity index (χ1v) is 12.5. The van der Waals surface area contributed by atoms with E-state index in [1.165, 1.54) is 6.21 Å². The molecule has 0 fully saturated rings. The highest BCUT2D eigenvalue weighted by molar-refractivity contribution is 6.74. The van der Waals surface area contributed by atoms with Crippen LogP contribution < -0.4 is 14.9 Å². The first-order chi connectivity index (χ1) is 13.4. The normalized spacial score (nSPS) is 12.2. The number of hydrogen-bond donors (Lipinski definition) is 2. The molecule has 0 bridgehead atoms. The second-order valence-electron chi connectivity index (χ2n) is 8.34. The molecule has 0 aliphatic heterocycles. The summed E-state index contributed by atoms with van der Waals surface area (Å²) in [6, 6.07) is 10.1. The molecule has 2 rings (SSSR count). The van der Waals surface area contributed by atoms with Crippen molar-refractivity contribution in [2.45, 2.75) is 45.8 Å². The van der Waals surface area contributed by atoms with Crippen molar-refractivity contribution < 1.29 is 13.6 Å². The summed E-state index contributed by atoms with van der Waals surface area (Å²) in [7, 11) is -2.22. The van der Waals surface area contributed by atoms with Crippen molar-refractivity contribution >= 4 is 26.1 Å². The van der Waals surface area contributed by atoms with Crippen LogP contribution in [0.4, 0.5) is 10.1 Å². The van der Waals surface area contributed by atoms with E-state index in [1.54, 1.807) is 36.4 Å². The Morgan fingerprint density at radius 2 is 1.83 bits per heavy atom. The standard InChI is InChI=1S/C22H30FN3O2Si/c1-7-27-18-12-16(14-26-17-10-8-15(9-11-17)21(24)25)20(23)19(13-18)28-29(5,6)22(2,3)4/h8-14H,7H2,1-6H3,(H3,24,25)/b26-14+. The average Bonchev–Trinajstić information content (AvgIpc) is 2.62. The average molecular weight is 416 g/mol. The lowest BCUT2D eigenvalue weighted by atomic mass is 10.2. The summed E-state index contributed by atoms with van der Waals surface area (Å²) in [6.07, 6.45) is 1.46. The molecule has 0 saturated carbocycles. The molecule has 0 aliphatic rings. The second kappa shape index (κ2) is 8.78. The van der Waals surface area contributed by atoms with Crippen LogP contribution in [0.3, 0.4) is 0 Å². The molecule has 2 aromatic rings. The fraction of sp³-hybridized carbons (Fsp3) is 0.364. The highest BCUT2D eigenvalue weighted by Crippen LogP contribution is 2.39. The lowest BCUT2D eigenvalue weighted by Gasteiger charge is -2.36. The number of ether oxygens (including phenoxy) is 1. The van der Waals surface area contributed by atoms with Crippen molar-refractivity contribution in [3.8, 4) is 11.5 Å². The van der Waals surface area contributed by atoms with Crippen LogP contribution in [0.2, 0.25) is 18.1 Å². The Kier molecular flexibility index (Phi) is 6.84. The molecular weight excluding hydrogens is 385 g/mol. The van der Waals surface area contributed by atoms with Gasteiger partial charge in [-0.05, 0) is 55.4 Å². The van der Waals surface area contributed by atoms with Crippen molar-refractivity contribution in [3.05, 3.63) is 53.3 Å². The minimum Gasteiger partial charge on any atom is -0.541 e. The van der Waals surface area contributed by atoms with Gasteiger partial charge in [-0.3, -0.25) is 10.4 Å². The minimum atomic E-state index is -2.22. The molecule has 0 heterocycles. The smallest absolute Gasteiger partial charge is 0.250 e. The van der Waals surface area contributed by atoms with E-state index in [-0.39, 0.29) is 16.6 Å². The van der Waals surface area contributed by atoms with Gasteiger partial charge in [0.1, 0.15) is 17.3 Å². The van der Waals surface area contributed by atoms with Crippen molar-refractivity contribution in [3.63, 3.8) is 0 Å². The minimum absolute atomic E-state index is 0.0107. The molecule has 0 unspecified atom stereocenters. The molecule has 3 N–H and O–H groups in total. The lowest BCUT2D eigenvalue weighted by molar-refractivity contribution is 0.337. The van der Waals surface area contributed by atoms with E-state index in [1.807, 2.05) is 6.92 Å². The molecular formula is C22H30FN3O2Si. The number of nitrogens with two attached hydrogens (primary N) is 1. The molecule has 29 heavy (non-hydrogen) atoms. The van der Waals surface area contributed by atoms with Crippen LogP contribution in [0, 0.1) is 11.2 Å². The van der Waals surface area contributed by atoms with Crippen LogP contribution in [0.5, 0.6) is 11.5 Å². The molecule has 156 valence electrons. The number of rotatable bonds is 7. The van der Waals surface area contributed by atoms with Gasteiger partial charge in [-0.2, -0.15) is 0 Å². The van der Waals surface area contributed by atoms with E-state index in [4.69, 9.17) is 20.3 Å². The van der Waals surface area contributed by atoms with Gasteiger partial charge in [-0.1, -0.05) is 20.8 Å². The van der Waals surface area contributed by atoms with Gasteiger partial charge in [-0.15, -0.1) is 0 Å². The molecule has 7 heteroatoms. The topological polar surface area (TPSA) is 80.7 Å². The lowest BCUT2D eigenvalue weighted by Crippen LogP contribution is -2.44. The van der Waals surface area contributed by atoms with E-state index < -0.39 is 14.1 Å². The van der Waals surface area contributed by atoms with Gasteiger partial charge in [-0.25, -0.2) is 4.39 Å². The van der Waals surface area contributed by atoms with Crippen molar-refractivity contribution in [2.24, 2.45) is 10.7 Å². The maximum absolute atomic E-state index is 15.2. The van der Waals surface area contributed by atoms with Crippen molar-refractivity contribution in [2.75, 3.05) is 6.61 Å². The van der Waals surface area contributed by atoms with Crippen LogP contribution in [0.25, 0.3) is 0 Å². The largest absolute Gasteiger partial charge is 0.541 e. The Labute approximate surface area is 173 Å². The summed E-state index contributed by atoms with van der Waals surface area (Å²) < 4.78 is 27.0. The number of hydrogen-bond acceptors (Lipinski definition) is 4. The summed E-state index contributed by atoms with van der Waals surface area (Å²) in [6.45, 7) is 12.8. The molecule has 5 nitrogen and oxygen atoms in total. The van der Waals surface area contributed by atoms with Gasteiger partial charge in [0.15, 0.2) is 5.82 Å². The zero-order valence-electron chi connectivity index (χ0n) is 18.0. The van der Waals surface area contributed by atoms with Crippen LogP contribution in [-0.2, 0) is 0 Å². The monoisotopic (exact) mass is 415 g/mol. The van der Waals surface area contributed by atoms with E-state index in [2.05, 4.69) is 38.9 Å². The number of nitrogens with one attached hydrogen (secondary N) is 1. The van der Waals surface area contributed by atoms with Crippen molar-refractivity contribution in [1.29, 1.82) is 5.41 Å². The Balaban J connectivity index is 2.40. The first kappa shape index (κ1) is 22.6. The Morgan fingerprint density at radius 3 is 2.34 bits per heavy atom. The summed E-state index contributed by atoms with van der Waals surface area (Å²) in [4.78, 5) is 4.35. The molecule has 0 aliphatic carbocycles. The molecule has 0 saturated heterocycles. The van der Waals surface area contributed by atoms with E-state index in [0.717, 1.165) is 0 Å². The number of aliphatic imine (C=N–C) groups is 1. The Hall–Kier alpha value is -2.67. The second-order valence-corrected chi connectivity index (χ2v) is 13.1. The van der Waals surface area contributed by atoms with Crippen LogP contribution in [0.15, 0.2) is 41.4 Å². The maximum atomic E-state index is 15.2. The van der Waals surface area contributed by atoms with Gasteiger partial charge in [0.05, 0.1) is 12.3 Å². The van der Waals surface area contributed by atoms with E-state index in [0.29, 0.717) is 29.2 Å². The van der Waals surface area contributed by atoms with Crippen LogP contribution in [0.1, 0.15) is 38.8 Å². The van der Waals surface area contributed by atoms with Crippen LogP contribution >= 0.6 is 0 Å². The summed E-state index contributed by atoms with van der Waals surface area (Å²) in [5.74, 6) is 0.262. The van der Waals surface area contributed by atoms with Gasteiger partial charge in [0.2, 0.25) is 0 Å². The first-order valence-electron chi connectivity index (χ1n) is 9.58. The fourth-order valence-corrected chi connectivity index (χ4v) is 3.31. The van der Waals surface area contributed by atoms with Gasteiger partial charge < -0.3 is 14.9 Å². The molecule has 0 atom stereocenters. The zero-order valence-corrected chi connectivity index (χ0v) is 19.0. The fourth-order valence-electron chi connectivity index (χ4n) is 2.31. The molecule has 0 radical (unpaired) electrons. The third-order valence-electron chi connectivity index (χ3n) is 5.05. The quantitative estimate of drug-likeness (QED) is 0.349. The Morgan fingerprint density at radius 1 is 1.21 bits per heavy atom. The summed E-state index contributed by atoms with van der Waals surface area (Å²) in [5.41, 5.74) is 6.99. The predicted octanol–water partition coefficient (Wildman–Crippen LogP) is 5.64.